The molecule has 0 aliphatic heterocycles. The molecule has 1 unspecified atom stereocenters. The molecule has 1 atom stereocenters. The SMILES string of the molecule is COc1cccc(CC(NN)c2cncn2C)c1F. The number of aromatic nitrogens is 2. The molecule has 6 heteroatoms. The van der Waals surface area contributed by atoms with E-state index in [0.717, 1.165) is 5.69 Å². The first kappa shape index (κ1) is 13.5. The molecule has 1 aromatic heterocycles. The monoisotopic (exact) mass is 264 g/mol. The summed E-state index contributed by atoms with van der Waals surface area (Å²) in [6, 6.07) is 4.86. The second-order valence-electron chi connectivity index (χ2n) is 4.29. The average molecular weight is 264 g/mol. The van der Waals surface area contributed by atoms with Crippen LogP contribution in [0.1, 0.15) is 17.3 Å². The lowest BCUT2D eigenvalue weighted by Crippen LogP contribution is -2.31. The zero-order valence-electron chi connectivity index (χ0n) is 10.9. The Hall–Kier alpha value is -1.92. The van der Waals surface area contributed by atoms with Crippen LogP contribution in [0.3, 0.4) is 0 Å². The fraction of sp³-hybridized carbons (Fsp3) is 0.308. The number of methoxy groups -OCH3 is 1. The second kappa shape index (κ2) is 5.81. The number of ether oxygens (including phenoxy) is 1. The van der Waals surface area contributed by atoms with Crippen molar-refractivity contribution in [2.24, 2.45) is 12.9 Å². The van der Waals surface area contributed by atoms with E-state index in [1.165, 1.54) is 7.11 Å². The summed E-state index contributed by atoms with van der Waals surface area (Å²) in [6.07, 6.45) is 3.81. The number of nitrogens with one attached hydrogen (secondary N) is 1. The first-order chi connectivity index (χ1) is 9.17. The van der Waals surface area contributed by atoms with E-state index in [0.29, 0.717) is 12.0 Å². The maximum atomic E-state index is 14.1. The van der Waals surface area contributed by atoms with Gasteiger partial charge in [-0.3, -0.25) is 11.3 Å². The van der Waals surface area contributed by atoms with Crippen molar-refractivity contribution < 1.29 is 9.13 Å². The molecule has 0 saturated carbocycles. The number of hydrogen-bond acceptors (Lipinski definition) is 4. The van der Waals surface area contributed by atoms with Crippen LogP contribution in [0.5, 0.6) is 5.75 Å². The van der Waals surface area contributed by atoms with E-state index in [9.17, 15) is 4.39 Å². The van der Waals surface area contributed by atoms with Gasteiger partial charge in [-0.2, -0.15) is 0 Å². The smallest absolute Gasteiger partial charge is 0.168 e. The Labute approximate surface area is 111 Å². The van der Waals surface area contributed by atoms with Crippen LogP contribution in [0.4, 0.5) is 4.39 Å². The molecule has 3 N–H and O–H groups in total. The minimum Gasteiger partial charge on any atom is -0.494 e. The topological polar surface area (TPSA) is 65.1 Å². The molecule has 0 aliphatic carbocycles. The number of rotatable bonds is 5. The predicted molar refractivity (Wildman–Crippen MR) is 69.9 cm³/mol. The summed E-state index contributed by atoms with van der Waals surface area (Å²) in [5.74, 6) is 5.44. The van der Waals surface area contributed by atoms with Gasteiger partial charge in [0.05, 0.1) is 25.2 Å². The molecule has 0 fully saturated rings. The van der Waals surface area contributed by atoms with E-state index in [2.05, 4.69) is 10.4 Å². The molecule has 0 aliphatic rings. The number of hydrazine groups is 1. The highest BCUT2D eigenvalue weighted by Gasteiger charge is 2.17. The molecule has 1 heterocycles. The van der Waals surface area contributed by atoms with Crippen LogP contribution in [0.2, 0.25) is 0 Å². The van der Waals surface area contributed by atoms with Crippen LogP contribution in [0.15, 0.2) is 30.7 Å². The second-order valence-corrected chi connectivity index (χ2v) is 4.29. The highest BCUT2D eigenvalue weighted by Crippen LogP contribution is 2.24. The summed E-state index contributed by atoms with van der Waals surface area (Å²) < 4.78 is 20.9. The standard InChI is InChI=1S/C13H17FN4O/c1-18-8-16-7-11(18)10(17-15)6-9-4-3-5-12(19-2)13(9)14/h3-5,7-8,10,17H,6,15H2,1-2H3. The van der Waals surface area contributed by atoms with E-state index < -0.39 is 0 Å². The quantitative estimate of drug-likeness (QED) is 0.631. The normalized spacial score (nSPS) is 12.4. The third-order valence-corrected chi connectivity index (χ3v) is 3.10. The summed E-state index contributed by atoms with van der Waals surface area (Å²) in [4.78, 5) is 4.04. The molecule has 0 bridgehead atoms. The van der Waals surface area contributed by atoms with Crippen LogP contribution in [0, 0.1) is 5.82 Å². The lowest BCUT2D eigenvalue weighted by atomic mass is 10.0. The van der Waals surface area contributed by atoms with E-state index in [1.807, 2.05) is 11.6 Å². The third kappa shape index (κ3) is 2.74. The number of imidazole rings is 1. The van der Waals surface area contributed by atoms with Gasteiger partial charge in [0.15, 0.2) is 11.6 Å². The van der Waals surface area contributed by atoms with Gasteiger partial charge in [-0.25, -0.2) is 9.37 Å². The lowest BCUT2D eigenvalue weighted by Gasteiger charge is -2.17. The first-order valence-electron chi connectivity index (χ1n) is 5.91. The van der Waals surface area contributed by atoms with E-state index in [4.69, 9.17) is 10.6 Å². The number of nitrogens with two attached hydrogens (primary N) is 1. The number of benzene rings is 1. The van der Waals surface area contributed by atoms with Gasteiger partial charge in [-0.05, 0) is 18.1 Å². The van der Waals surface area contributed by atoms with Gasteiger partial charge < -0.3 is 9.30 Å². The summed E-state index contributed by atoms with van der Waals surface area (Å²) in [5.41, 5.74) is 4.13. The molecule has 0 amide bonds. The van der Waals surface area contributed by atoms with Gasteiger partial charge in [-0.15, -0.1) is 0 Å². The fourth-order valence-electron chi connectivity index (χ4n) is 2.04. The number of halogens is 1. The molecule has 1 aromatic carbocycles. The number of aryl methyl sites for hydroxylation is 1. The molecular formula is C13H17FN4O. The molecule has 0 radical (unpaired) electrons. The Bertz CT molecular complexity index is 555. The zero-order valence-corrected chi connectivity index (χ0v) is 10.9. The molecule has 2 rings (SSSR count). The molecule has 0 spiro atoms. The largest absolute Gasteiger partial charge is 0.494 e. The minimum absolute atomic E-state index is 0.214. The predicted octanol–water partition coefficient (Wildman–Crippen LogP) is 1.31. The van der Waals surface area contributed by atoms with Crippen LogP contribution in [0.25, 0.3) is 0 Å². The van der Waals surface area contributed by atoms with Crippen molar-refractivity contribution in [2.75, 3.05) is 7.11 Å². The summed E-state index contributed by atoms with van der Waals surface area (Å²) in [5, 5.41) is 0. The Morgan fingerprint density at radius 1 is 1.53 bits per heavy atom. The Morgan fingerprint density at radius 3 is 2.89 bits per heavy atom. The summed E-state index contributed by atoms with van der Waals surface area (Å²) in [6.45, 7) is 0. The van der Waals surface area contributed by atoms with Crippen molar-refractivity contribution in [1.29, 1.82) is 0 Å². The van der Waals surface area contributed by atoms with Gasteiger partial charge in [0.25, 0.3) is 0 Å². The lowest BCUT2D eigenvalue weighted by molar-refractivity contribution is 0.382. The van der Waals surface area contributed by atoms with Gasteiger partial charge in [0, 0.05) is 13.2 Å². The van der Waals surface area contributed by atoms with Crippen LogP contribution in [-0.4, -0.2) is 16.7 Å². The van der Waals surface area contributed by atoms with Crippen molar-refractivity contribution in [3.8, 4) is 5.75 Å². The van der Waals surface area contributed by atoms with E-state index in [1.54, 1.807) is 30.7 Å². The fourth-order valence-corrected chi connectivity index (χ4v) is 2.04. The number of nitrogens with zero attached hydrogens (tertiary/aromatic N) is 2. The van der Waals surface area contributed by atoms with Crippen LogP contribution >= 0.6 is 0 Å². The molecular weight excluding hydrogens is 247 g/mol. The van der Waals surface area contributed by atoms with Gasteiger partial charge in [0.1, 0.15) is 0 Å². The van der Waals surface area contributed by atoms with Gasteiger partial charge in [0.2, 0.25) is 0 Å². The van der Waals surface area contributed by atoms with Crippen molar-refractivity contribution in [3.63, 3.8) is 0 Å². The molecule has 0 saturated heterocycles. The Morgan fingerprint density at radius 2 is 2.32 bits per heavy atom. The van der Waals surface area contributed by atoms with Gasteiger partial charge in [-0.1, -0.05) is 12.1 Å². The minimum atomic E-state index is -0.354. The summed E-state index contributed by atoms with van der Waals surface area (Å²) in [7, 11) is 3.32. The zero-order chi connectivity index (χ0) is 13.8. The Balaban J connectivity index is 2.27. The average Bonchev–Trinajstić information content (AvgIpc) is 2.84. The van der Waals surface area contributed by atoms with Crippen molar-refractivity contribution in [3.05, 3.63) is 47.8 Å². The molecule has 2 aromatic rings. The van der Waals surface area contributed by atoms with E-state index >= 15 is 0 Å². The third-order valence-electron chi connectivity index (χ3n) is 3.10. The van der Waals surface area contributed by atoms with Crippen molar-refractivity contribution >= 4 is 0 Å². The number of hydrogen-bond donors (Lipinski definition) is 2. The molecule has 102 valence electrons. The maximum Gasteiger partial charge on any atom is 0.168 e. The van der Waals surface area contributed by atoms with Crippen LogP contribution in [-0.2, 0) is 13.5 Å². The van der Waals surface area contributed by atoms with E-state index in [-0.39, 0.29) is 17.6 Å². The summed E-state index contributed by atoms with van der Waals surface area (Å²) >= 11 is 0. The van der Waals surface area contributed by atoms with Crippen LogP contribution < -0.4 is 16.0 Å². The highest BCUT2D eigenvalue weighted by atomic mass is 19.1. The molecule has 5 nitrogen and oxygen atoms in total. The van der Waals surface area contributed by atoms with Gasteiger partial charge >= 0.3 is 0 Å². The Kier molecular flexibility index (Phi) is 4.13. The first-order valence-corrected chi connectivity index (χ1v) is 5.91. The van der Waals surface area contributed by atoms with Crippen molar-refractivity contribution in [2.45, 2.75) is 12.5 Å². The molecule has 19 heavy (non-hydrogen) atoms. The maximum absolute atomic E-state index is 14.1. The van der Waals surface area contributed by atoms with Crippen molar-refractivity contribution in [1.82, 2.24) is 15.0 Å². The highest BCUT2D eigenvalue weighted by molar-refractivity contribution is 5.32.